The van der Waals surface area contributed by atoms with E-state index in [-0.39, 0.29) is 5.97 Å². The summed E-state index contributed by atoms with van der Waals surface area (Å²) in [7, 11) is 0. The molecule has 0 aliphatic rings. The van der Waals surface area contributed by atoms with Gasteiger partial charge in [0.2, 0.25) is 0 Å². The lowest BCUT2D eigenvalue weighted by Gasteiger charge is -2.04. The molecule has 0 spiro atoms. The van der Waals surface area contributed by atoms with Gasteiger partial charge in [-0.3, -0.25) is 4.98 Å². The van der Waals surface area contributed by atoms with Gasteiger partial charge >= 0.3 is 5.97 Å². The molecule has 4 nitrogen and oxygen atoms in total. The molecule has 0 saturated heterocycles. The number of pyridine rings is 1. The van der Waals surface area contributed by atoms with Crippen LogP contribution in [0.15, 0.2) is 85.2 Å². The van der Waals surface area contributed by atoms with Crippen molar-refractivity contribution in [2.24, 2.45) is 0 Å². The summed E-state index contributed by atoms with van der Waals surface area (Å²) in [5, 5.41) is 0. The van der Waals surface area contributed by atoms with Gasteiger partial charge in [-0.05, 0) is 53.9 Å². The van der Waals surface area contributed by atoms with Crippen molar-refractivity contribution in [1.29, 1.82) is 0 Å². The van der Waals surface area contributed by atoms with Crippen LogP contribution in [0.3, 0.4) is 0 Å². The van der Waals surface area contributed by atoms with Crippen LogP contribution in [0.1, 0.15) is 17.3 Å². The van der Waals surface area contributed by atoms with Gasteiger partial charge in [0.1, 0.15) is 0 Å². The maximum absolute atomic E-state index is 11.9. The first kappa shape index (κ1) is 17.7. The van der Waals surface area contributed by atoms with Gasteiger partial charge in [-0.25, -0.2) is 4.79 Å². The van der Waals surface area contributed by atoms with E-state index in [4.69, 9.17) is 4.74 Å². The Balaban J connectivity index is 1.77. The molecule has 4 aromatic rings. The second-order valence-electron chi connectivity index (χ2n) is 6.37. The second-order valence-corrected chi connectivity index (χ2v) is 6.37. The lowest BCUT2D eigenvalue weighted by atomic mass is 10.0. The van der Waals surface area contributed by atoms with Gasteiger partial charge in [-0.2, -0.15) is 0 Å². The van der Waals surface area contributed by atoms with Crippen molar-refractivity contribution < 1.29 is 9.53 Å². The number of rotatable bonds is 5. The molecule has 138 valence electrons. The first-order valence-corrected chi connectivity index (χ1v) is 9.22. The molecule has 0 saturated carbocycles. The predicted octanol–water partition coefficient (Wildman–Crippen LogP) is 5.59. The molecular formula is C24H20N2O2. The van der Waals surface area contributed by atoms with Gasteiger partial charge in [-0.15, -0.1) is 0 Å². The van der Waals surface area contributed by atoms with Crippen LogP contribution in [0.25, 0.3) is 33.6 Å². The largest absolute Gasteiger partial charge is 0.462 e. The van der Waals surface area contributed by atoms with E-state index in [1.54, 1.807) is 31.5 Å². The fourth-order valence-corrected chi connectivity index (χ4v) is 3.20. The number of carbonyl (C=O) groups is 1. The lowest BCUT2D eigenvalue weighted by Crippen LogP contribution is -2.03. The zero-order chi connectivity index (χ0) is 19.3. The molecular weight excluding hydrogens is 348 g/mol. The summed E-state index contributed by atoms with van der Waals surface area (Å²) in [5.41, 5.74) is 6.92. The van der Waals surface area contributed by atoms with Gasteiger partial charge in [-0.1, -0.05) is 42.5 Å². The Morgan fingerprint density at radius 2 is 1.61 bits per heavy atom. The second kappa shape index (κ2) is 7.92. The van der Waals surface area contributed by atoms with Gasteiger partial charge in [0, 0.05) is 23.7 Å². The molecule has 0 aliphatic heterocycles. The molecule has 28 heavy (non-hydrogen) atoms. The average Bonchev–Trinajstić information content (AvgIpc) is 3.21. The van der Waals surface area contributed by atoms with Crippen molar-refractivity contribution in [3.8, 4) is 33.6 Å². The van der Waals surface area contributed by atoms with E-state index in [1.807, 2.05) is 42.5 Å². The highest BCUT2D eigenvalue weighted by molar-refractivity contribution is 5.90. The third-order valence-electron chi connectivity index (χ3n) is 4.58. The van der Waals surface area contributed by atoms with Crippen LogP contribution >= 0.6 is 0 Å². The zero-order valence-electron chi connectivity index (χ0n) is 15.6. The Hall–Kier alpha value is -3.66. The third-order valence-corrected chi connectivity index (χ3v) is 4.58. The van der Waals surface area contributed by atoms with E-state index in [0.717, 1.165) is 33.6 Å². The van der Waals surface area contributed by atoms with Crippen LogP contribution in [0, 0.1) is 0 Å². The molecule has 1 N–H and O–H groups in total. The summed E-state index contributed by atoms with van der Waals surface area (Å²) in [5.74, 6) is -0.303. The number of carbonyl (C=O) groups excluding carboxylic acids is 1. The molecule has 2 heterocycles. The number of nitrogens with zero attached hydrogens (tertiary/aromatic N) is 1. The Labute approximate surface area is 163 Å². The normalized spacial score (nSPS) is 10.6. The molecule has 4 rings (SSSR count). The highest BCUT2D eigenvalue weighted by atomic mass is 16.5. The smallest absolute Gasteiger partial charge is 0.338 e. The van der Waals surface area contributed by atoms with Crippen LogP contribution in [0.5, 0.6) is 0 Å². The molecule has 0 amide bonds. The zero-order valence-corrected chi connectivity index (χ0v) is 15.6. The highest BCUT2D eigenvalue weighted by Crippen LogP contribution is 2.35. The minimum atomic E-state index is -0.303. The van der Waals surface area contributed by atoms with E-state index < -0.39 is 0 Å². The van der Waals surface area contributed by atoms with E-state index in [1.165, 1.54) is 0 Å². The number of nitrogens with one attached hydrogen (secondary N) is 1. The molecule has 0 radical (unpaired) electrons. The van der Waals surface area contributed by atoms with Crippen molar-refractivity contribution >= 4 is 5.97 Å². The lowest BCUT2D eigenvalue weighted by molar-refractivity contribution is 0.0526. The van der Waals surface area contributed by atoms with Crippen molar-refractivity contribution in [3.05, 3.63) is 90.8 Å². The van der Waals surface area contributed by atoms with Gasteiger partial charge in [0.15, 0.2) is 0 Å². The van der Waals surface area contributed by atoms with Gasteiger partial charge in [0.25, 0.3) is 0 Å². The van der Waals surface area contributed by atoms with Crippen LogP contribution in [-0.4, -0.2) is 22.5 Å². The standard InChI is InChI=1S/C24H20N2O2/c1-2-28-24(27)20-10-8-18(9-11-20)22-16-21(17-12-14-25-15-13-17)23(26-22)19-6-4-3-5-7-19/h3-16,26H,2H2,1H3. The van der Waals surface area contributed by atoms with E-state index in [9.17, 15) is 4.79 Å². The number of H-pyrrole nitrogens is 1. The third kappa shape index (κ3) is 3.58. The van der Waals surface area contributed by atoms with E-state index in [2.05, 4.69) is 28.2 Å². The van der Waals surface area contributed by atoms with Crippen molar-refractivity contribution in [2.45, 2.75) is 6.92 Å². The highest BCUT2D eigenvalue weighted by Gasteiger charge is 2.14. The van der Waals surface area contributed by atoms with Crippen LogP contribution in [-0.2, 0) is 4.74 Å². The first-order valence-electron chi connectivity index (χ1n) is 9.22. The maximum atomic E-state index is 11.9. The molecule has 4 heteroatoms. The summed E-state index contributed by atoms with van der Waals surface area (Å²) >= 11 is 0. The minimum absolute atomic E-state index is 0.303. The number of benzene rings is 2. The van der Waals surface area contributed by atoms with Crippen molar-refractivity contribution in [3.63, 3.8) is 0 Å². The van der Waals surface area contributed by atoms with Crippen molar-refractivity contribution in [1.82, 2.24) is 9.97 Å². The molecule has 0 fully saturated rings. The molecule has 0 atom stereocenters. The quantitative estimate of drug-likeness (QED) is 0.467. The monoisotopic (exact) mass is 368 g/mol. The molecule has 2 aromatic carbocycles. The first-order chi connectivity index (χ1) is 13.8. The fourth-order valence-electron chi connectivity index (χ4n) is 3.20. The van der Waals surface area contributed by atoms with Gasteiger partial charge < -0.3 is 9.72 Å². The Kier molecular flexibility index (Phi) is 5.02. The molecule has 0 aliphatic carbocycles. The Morgan fingerprint density at radius 1 is 0.893 bits per heavy atom. The fraction of sp³-hybridized carbons (Fsp3) is 0.0833. The molecule has 0 unspecified atom stereocenters. The topological polar surface area (TPSA) is 55.0 Å². The summed E-state index contributed by atoms with van der Waals surface area (Å²) in [6, 6.07) is 23.8. The number of ether oxygens (including phenoxy) is 1. The molecule has 2 aromatic heterocycles. The molecule has 0 bridgehead atoms. The number of aromatic amines is 1. The van der Waals surface area contributed by atoms with E-state index >= 15 is 0 Å². The number of hydrogen-bond acceptors (Lipinski definition) is 3. The summed E-state index contributed by atoms with van der Waals surface area (Å²) < 4.78 is 5.06. The number of hydrogen-bond donors (Lipinski definition) is 1. The Bertz CT molecular complexity index is 1010. The average molecular weight is 368 g/mol. The van der Waals surface area contributed by atoms with E-state index in [0.29, 0.717) is 12.2 Å². The SMILES string of the molecule is CCOC(=O)c1ccc(-c2cc(-c3ccncc3)c(-c3ccccc3)[nH]2)cc1. The van der Waals surface area contributed by atoms with Crippen LogP contribution in [0.2, 0.25) is 0 Å². The van der Waals surface area contributed by atoms with Crippen LogP contribution in [0.4, 0.5) is 0 Å². The Morgan fingerprint density at radius 3 is 2.29 bits per heavy atom. The predicted molar refractivity (Wildman–Crippen MR) is 111 cm³/mol. The maximum Gasteiger partial charge on any atom is 0.338 e. The number of esters is 1. The van der Waals surface area contributed by atoms with Crippen molar-refractivity contribution in [2.75, 3.05) is 6.61 Å². The summed E-state index contributed by atoms with van der Waals surface area (Å²) in [6.45, 7) is 2.17. The minimum Gasteiger partial charge on any atom is -0.462 e. The van der Waals surface area contributed by atoms with Gasteiger partial charge in [0.05, 0.1) is 17.9 Å². The van der Waals surface area contributed by atoms with Crippen LogP contribution < -0.4 is 0 Å². The summed E-state index contributed by atoms with van der Waals surface area (Å²) in [4.78, 5) is 19.6. The summed E-state index contributed by atoms with van der Waals surface area (Å²) in [6.07, 6.45) is 3.59. The number of aromatic nitrogens is 2.